The van der Waals surface area contributed by atoms with Crippen LogP contribution in [0.4, 0.5) is 0 Å². The SMILES string of the molecule is CC.CCC([C-]=O)(CC)Cc1[c-]cc(S(=O)(=O)CC)cc1.[Y]. The van der Waals surface area contributed by atoms with Gasteiger partial charge in [-0.2, -0.15) is 29.8 Å². The molecule has 0 aliphatic carbocycles. The van der Waals surface area contributed by atoms with Crippen LogP contribution < -0.4 is 0 Å². The Kier molecular flexibility index (Phi) is 12.6. The van der Waals surface area contributed by atoms with Crippen molar-refractivity contribution in [1.29, 1.82) is 0 Å². The molecule has 22 heavy (non-hydrogen) atoms. The van der Waals surface area contributed by atoms with Gasteiger partial charge >= 0.3 is 0 Å². The van der Waals surface area contributed by atoms with Crippen molar-refractivity contribution in [2.75, 3.05) is 5.75 Å². The number of carbonyl (C=O) groups excluding carboxylic acids is 1. The Labute approximate surface area is 161 Å². The predicted octanol–water partition coefficient (Wildman–Crippen LogP) is 3.76. The van der Waals surface area contributed by atoms with E-state index in [9.17, 15) is 13.2 Å². The molecule has 0 aromatic heterocycles. The van der Waals surface area contributed by atoms with Crippen molar-refractivity contribution >= 4 is 16.1 Å². The van der Waals surface area contributed by atoms with Crippen LogP contribution in [-0.2, 0) is 53.8 Å². The Balaban J connectivity index is 0. The number of rotatable bonds is 7. The van der Waals surface area contributed by atoms with Crippen LogP contribution in [0.5, 0.6) is 0 Å². The molecule has 0 saturated heterocycles. The molecule has 3 nitrogen and oxygen atoms in total. The molecule has 0 heterocycles. The Hall–Kier alpha value is -0.0561. The average Bonchev–Trinajstić information content (AvgIpc) is 2.55. The van der Waals surface area contributed by atoms with Crippen LogP contribution in [0.2, 0.25) is 0 Å². The molecule has 0 bridgehead atoms. The van der Waals surface area contributed by atoms with E-state index in [0.717, 1.165) is 18.4 Å². The van der Waals surface area contributed by atoms with Crippen molar-refractivity contribution in [2.45, 2.75) is 58.8 Å². The van der Waals surface area contributed by atoms with Gasteiger partial charge in [0.1, 0.15) is 9.84 Å². The fourth-order valence-corrected chi connectivity index (χ4v) is 2.81. The summed E-state index contributed by atoms with van der Waals surface area (Å²) in [5, 5.41) is 0. The first kappa shape index (κ1) is 24.2. The van der Waals surface area contributed by atoms with Gasteiger partial charge in [-0.1, -0.05) is 53.9 Å². The summed E-state index contributed by atoms with van der Waals surface area (Å²) in [4.78, 5) is 11.4. The minimum absolute atomic E-state index is 0. The molecule has 0 aliphatic heterocycles. The van der Waals surface area contributed by atoms with E-state index >= 15 is 0 Å². The second-order valence-electron chi connectivity index (χ2n) is 4.72. The molecule has 5 heteroatoms. The van der Waals surface area contributed by atoms with Gasteiger partial charge in [-0.05, 0) is 4.90 Å². The molecule has 0 unspecified atom stereocenters. The zero-order valence-electron chi connectivity index (χ0n) is 14.3. The fraction of sp³-hybridized carbons (Fsp3) is 0.588. The number of benzene rings is 1. The van der Waals surface area contributed by atoms with Gasteiger partial charge in [0.05, 0.1) is 0 Å². The largest absolute Gasteiger partial charge is 0.541 e. The van der Waals surface area contributed by atoms with Gasteiger partial charge in [0.25, 0.3) is 0 Å². The van der Waals surface area contributed by atoms with Gasteiger partial charge in [-0.3, -0.25) is 6.29 Å². The van der Waals surface area contributed by atoms with Gasteiger partial charge < -0.3 is 4.79 Å². The number of hydrogen-bond acceptors (Lipinski definition) is 3. The van der Waals surface area contributed by atoms with Crippen molar-refractivity contribution in [3.8, 4) is 0 Å². The minimum atomic E-state index is -3.18. The summed E-state index contributed by atoms with van der Waals surface area (Å²) in [7, 11) is -3.18. The second-order valence-corrected chi connectivity index (χ2v) is 7.00. The third-order valence-electron chi connectivity index (χ3n) is 3.69. The van der Waals surface area contributed by atoms with Gasteiger partial charge in [0, 0.05) is 38.5 Å². The van der Waals surface area contributed by atoms with Gasteiger partial charge in [-0.25, -0.2) is 8.42 Å². The van der Waals surface area contributed by atoms with Gasteiger partial charge in [0.15, 0.2) is 0 Å². The van der Waals surface area contributed by atoms with Crippen LogP contribution >= 0.6 is 0 Å². The molecule has 0 amide bonds. The summed E-state index contributed by atoms with van der Waals surface area (Å²) in [5.41, 5.74) is 0.365. The van der Waals surface area contributed by atoms with Crippen molar-refractivity contribution in [3.63, 3.8) is 0 Å². The third kappa shape index (κ3) is 6.59. The van der Waals surface area contributed by atoms with E-state index in [1.165, 1.54) is 6.07 Å². The second kappa shape index (κ2) is 11.5. The number of sulfone groups is 1. The Morgan fingerprint density at radius 3 is 2.00 bits per heavy atom. The van der Waals surface area contributed by atoms with Crippen molar-refractivity contribution in [2.24, 2.45) is 5.41 Å². The van der Waals surface area contributed by atoms with Crippen LogP contribution in [0.1, 0.15) is 53.0 Å². The van der Waals surface area contributed by atoms with Crippen LogP contribution in [-0.4, -0.2) is 20.5 Å². The van der Waals surface area contributed by atoms with E-state index in [0.29, 0.717) is 6.42 Å². The normalized spacial score (nSPS) is 11.0. The van der Waals surface area contributed by atoms with Crippen LogP contribution in [0.25, 0.3) is 0 Å². The van der Waals surface area contributed by atoms with Crippen LogP contribution in [0.15, 0.2) is 23.1 Å². The molecule has 0 saturated carbocycles. The maximum Gasteiger partial charge on any atom is 0.132 e. The maximum atomic E-state index is 11.7. The number of hydrogen-bond donors (Lipinski definition) is 0. The molecular weight excluding hydrogens is 373 g/mol. The standard InChI is InChI=1S/C15H20O3S.C2H6.Y/c1-4-15(5-2,12-16)11-13-7-9-14(10-8-13)19(17,18)6-3;1-2;/h7,9-10H,4-6,11H2,1-3H3;1-2H3;/q-2;;. The molecule has 1 aromatic rings. The Morgan fingerprint density at radius 2 is 1.68 bits per heavy atom. The van der Waals surface area contributed by atoms with Crippen LogP contribution in [0.3, 0.4) is 0 Å². The van der Waals surface area contributed by atoms with Gasteiger partial charge in [-0.15, -0.1) is 5.41 Å². The van der Waals surface area contributed by atoms with Crippen LogP contribution in [0, 0.1) is 11.5 Å². The summed E-state index contributed by atoms with van der Waals surface area (Å²) in [5.74, 6) is 0.0795. The first-order chi connectivity index (χ1) is 9.93. The predicted molar refractivity (Wildman–Crippen MR) is 86.8 cm³/mol. The minimum Gasteiger partial charge on any atom is -0.541 e. The molecule has 1 aromatic carbocycles. The molecule has 0 fully saturated rings. The van der Waals surface area contributed by atoms with Crippen molar-refractivity contribution < 1.29 is 45.9 Å². The van der Waals surface area contributed by atoms with E-state index in [1.807, 2.05) is 27.7 Å². The molecule has 0 N–H and O–H groups in total. The van der Waals surface area contributed by atoms with Crippen molar-refractivity contribution in [3.05, 3.63) is 29.8 Å². The quantitative estimate of drug-likeness (QED) is 0.656. The molecule has 1 radical (unpaired) electrons. The first-order valence-corrected chi connectivity index (χ1v) is 9.21. The summed E-state index contributed by atoms with van der Waals surface area (Å²) in [6.45, 7) is 9.54. The van der Waals surface area contributed by atoms with E-state index < -0.39 is 15.3 Å². The van der Waals surface area contributed by atoms with E-state index in [1.54, 1.807) is 19.1 Å². The molecule has 0 aliphatic rings. The smallest absolute Gasteiger partial charge is 0.132 e. The van der Waals surface area contributed by atoms with Crippen molar-refractivity contribution in [1.82, 2.24) is 0 Å². The molecule has 1 rings (SSSR count). The summed E-state index contributed by atoms with van der Waals surface area (Å²) >= 11 is 0. The summed E-state index contributed by atoms with van der Waals surface area (Å²) in [6, 6.07) is 7.80. The summed E-state index contributed by atoms with van der Waals surface area (Å²) < 4.78 is 23.4. The zero-order chi connectivity index (χ0) is 16.5. The fourth-order valence-electron chi connectivity index (χ4n) is 1.96. The van der Waals surface area contributed by atoms with Gasteiger partial charge in [0.2, 0.25) is 0 Å². The third-order valence-corrected chi connectivity index (χ3v) is 5.42. The molecule has 0 spiro atoms. The summed E-state index contributed by atoms with van der Waals surface area (Å²) in [6.07, 6.45) is 4.12. The molecule has 123 valence electrons. The maximum absolute atomic E-state index is 11.7. The Morgan fingerprint density at radius 1 is 1.14 bits per heavy atom. The van der Waals surface area contributed by atoms with E-state index in [4.69, 9.17) is 0 Å². The Bertz CT molecular complexity index is 517. The molecular formula is C17H26O3SY-2. The first-order valence-electron chi connectivity index (χ1n) is 7.55. The zero-order valence-corrected chi connectivity index (χ0v) is 17.9. The van der Waals surface area contributed by atoms with E-state index in [2.05, 4.69) is 12.4 Å². The topological polar surface area (TPSA) is 51.2 Å². The van der Waals surface area contributed by atoms with E-state index in [-0.39, 0.29) is 43.4 Å². The molecule has 0 atom stereocenters. The average molecular weight is 399 g/mol. The monoisotopic (exact) mass is 399 g/mol.